The summed E-state index contributed by atoms with van der Waals surface area (Å²) in [5.41, 5.74) is 7.11. The van der Waals surface area contributed by atoms with Crippen LogP contribution >= 0.6 is 0 Å². The van der Waals surface area contributed by atoms with Crippen LogP contribution in [-0.4, -0.2) is 27.5 Å². The summed E-state index contributed by atoms with van der Waals surface area (Å²) in [4.78, 5) is 20.8. The molecule has 4 rings (SSSR count). The van der Waals surface area contributed by atoms with Crippen LogP contribution < -0.4 is 11.1 Å². The molecule has 34 heavy (non-hydrogen) atoms. The molecule has 2 heterocycles. The summed E-state index contributed by atoms with van der Waals surface area (Å²) >= 11 is 0. The van der Waals surface area contributed by atoms with E-state index in [1.807, 2.05) is 30.3 Å². The van der Waals surface area contributed by atoms with Gasteiger partial charge < -0.3 is 16.2 Å². The fourth-order valence-corrected chi connectivity index (χ4v) is 3.61. The number of nitrogen functional groups attached to an aromatic ring is 1. The SMILES string of the molecule is Nc1ccc(-c2ccc(C(=O)CCO)c(C(F)(F)F)c2)nc1NCc1ccc2ncccc2c1. The molecule has 4 aromatic rings. The third kappa shape index (κ3) is 4.99. The van der Waals surface area contributed by atoms with Gasteiger partial charge in [-0.2, -0.15) is 13.2 Å². The molecule has 0 saturated carbocycles. The van der Waals surface area contributed by atoms with Crippen molar-refractivity contribution in [2.45, 2.75) is 19.1 Å². The Hall–Kier alpha value is -3.98. The number of hydrogen-bond donors (Lipinski definition) is 3. The number of pyridine rings is 2. The number of nitrogens with one attached hydrogen (secondary N) is 1. The Kier molecular flexibility index (Phi) is 6.47. The van der Waals surface area contributed by atoms with E-state index in [-0.39, 0.29) is 17.7 Å². The van der Waals surface area contributed by atoms with Crippen LogP contribution in [-0.2, 0) is 12.7 Å². The fourth-order valence-electron chi connectivity index (χ4n) is 3.61. The Morgan fingerprint density at radius 1 is 1.06 bits per heavy atom. The van der Waals surface area contributed by atoms with Crippen LogP contribution in [0.1, 0.15) is 27.9 Å². The highest BCUT2D eigenvalue weighted by Crippen LogP contribution is 2.36. The van der Waals surface area contributed by atoms with Gasteiger partial charge in [0.2, 0.25) is 0 Å². The first kappa shape index (κ1) is 23.2. The molecule has 4 N–H and O–H groups in total. The quantitative estimate of drug-likeness (QED) is 0.329. The van der Waals surface area contributed by atoms with E-state index in [1.165, 1.54) is 12.1 Å². The van der Waals surface area contributed by atoms with Crippen LogP contribution in [0, 0.1) is 0 Å². The molecule has 174 valence electrons. The van der Waals surface area contributed by atoms with E-state index < -0.39 is 29.7 Å². The fraction of sp³-hybridized carbons (Fsp3) is 0.160. The summed E-state index contributed by atoms with van der Waals surface area (Å²) in [6.07, 6.45) is -3.41. The number of hydrogen-bond acceptors (Lipinski definition) is 6. The van der Waals surface area contributed by atoms with Gasteiger partial charge in [0.25, 0.3) is 0 Å². The number of ketones is 1. The summed E-state index contributed by atoms with van der Waals surface area (Å²) < 4.78 is 40.9. The van der Waals surface area contributed by atoms with Crippen LogP contribution in [0.15, 0.2) is 66.9 Å². The first-order valence-corrected chi connectivity index (χ1v) is 10.5. The number of aromatic nitrogens is 2. The van der Waals surface area contributed by atoms with Crippen molar-refractivity contribution in [2.75, 3.05) is 17.7 Å². The maximum atomic E-state index is 13.6. The van der Waals surface area contributed by atoms with Gasteiger partial charge in [0.05, 0.1) is 29.1 Å². The lowest BCUT2D eigenvalue weighted by molar-refractivity contribution is -0.137. The maximum absolute atomic E-state index is 13.6. The smallest absolute Gasteiger partial charge is 0.396 e. The van der Waals surface area contributed by atoms with Crippen molar-refractivity contribution >= 4 is 28.2 Å². The van der Waals surface area contributed by atoms with Crippen molar-refractivity contribution in [3.05, 3.63) is 83.6 Å². The van der Waals surface area contributed by atoms with Gasteiger partial charge >= 0.3 is 6.18 Å². The lowest BCUT2D eigenvalue weighted by Gasteiger charge is -2.15. The molecule has 2 aromatic carbocycles. The number of halogens is 3. The van der Waals surface area contributed by atoms with Crippen LogP contribution in [0.25, 0.3) is 22.2 Å². The van der Waals surface area contributed by atoms with Crippen LogP contribution in [0.4, 0.5) is 24.7 Å². The number of carbonyl (C=O) groups is 1. The zero-order chi connectivity index (χ0) is 24.3. The molecule has 0 radical (unpaired) electrons. The Labute approximate surface area is 193 Å². The van der Waals surface area contributed by atoms with E-state index in [9.17, 15) is 18.0 Å². The molecule has 0 unspecified atom stereocenters. The van der Waals surface area contributed by atoms with Crippen molar-refractivity contribution in [3.8, 4) is 11.3 Å². The molecule has 0 saturated heterocycles. The van der Waals surface area contributed by atoms with Gasteiger partial charge in [0.1, 0.15) is 5.82 Å². The first-order valence-electron chi connectivity index (χ1n) is 10.5. The number of rotatable bonds is 7. The molecular formula is C25H21F3N4O2. The number of nitrogens with two attached hydrogens (primary N) is 1. The molecule has 0 atom stereocenters. The van der Waals surface area contributed by atoms with E-state index >= 15 is 0 Å². The molecule has 2 aromatic heterocycles. The lowest BCUT2D eigenvalue weighted by Crippen LogP contribution is -2.14. The Morgan fingerprint density at radius 3 is 2.65 bits per heavy atom. The number of fused-ring (bicyclic) bond motifs is 1. The van der Waals surface area contributed by atoms with Crippen LogP contribution in [0.3, 0.4) is 0 Å². The third-order valence-corrected chi connectivity index (χ3v) is 5.31. The van der Waals surface area contributed by atoms with Gasteiger partial charge in [-0.25, -0.2) is 4.98 Å². The first-order chi connectivity index (χ1) is 16.3. The topological polar surface area (TPSA) is 101 Å². The Bertz CT molecular complexity index is 1360. The zero-order valence-electron chi connectivity index (χ0n) is 17.9. The highest BCUT2D eigenvalue weighted by atomic mass is 19.4. The second kappa shape index (κ2) is 9.48. The van der Waals surface area contributed by atoms with E-state index in [4.69, 9.17) is 10.8 Å². The second-order valence-corrected chi connectivity index (χ2v) is 7.67. The van der Waals surface area contributed by atoms with Gasteiger partial charge in [0.15, 0.2) is 5.78 Å². The van der Waals surface area contributed by atoms with Crippen molar-refractivity contribution in [3.63, 3.8) is 0 Å². The lowest BCUT2D eigenvalue weighted by atomic mass is 9.97. The molecule has 0 aliphatic carbocycles. The summed E-state index contributed by atoms with van der Waals surface area (Å²) in [5.74, 6) is -0.447. The minimum absolute atomic E-state index is 0.188. The van der Waals surface area contributed by atoms with E-state index in [2.05, 4.69) is 15.3 Å². The predicted octanol–water partition coefficient (Wildman–Crippen LogP) is 5.08. The summed E-state index contributed by atoms with van der Waals surface area (Å²) in [6.45, 7) is -0.131. The van der Waals surface area contributed by atoms with E-state index in [0.717, 1.165) is 28.6 Å². The standard InChI is InChI=1S/C25H21F3N4O2/c26-25(27,28)19-13-17(4-5-18(19)23(34)9-11-33)22-8-6-20(29)24(32-22)31-14-15-3-7-21-16(12-15)2-1-10-30-21/h1-8,10,12-13,33H,9,11,14,29H2,(H,31,32). The predicted molar refractivity (Wildman–Crippen MR) is 124 cm³/mol. The average Bonchev–Trinajstić information content (AvgIpc) is 2.82. The Morgan fingerprint density at radius 2 is 1.88 bits per heavy atom. The van der Waals surface area contributed by atoms with Gasteiger partial charge in [-0.05, 0) is 42.0 Å². The van der Waals surface area contributed by atoms with Crippen molar-refractivity contribution < 1.29 is 23.1 Å². The monoisotopic (exact) mass is 466 g/mol. The number of Topliss-reactive ketones (excluding diaryl/α,β-unsaturated/α-hetero) is 1. The minimum Gasteiger partial charge on any atom is -0.396 e. The van der Waals surface area contributed by atoms with E-state index in [1.54, 1.807) is 12.3 Å². The normalized spacial score (nSPS) is 11.5. The van der Waals surface area contributed by atoms with Gasteiger partial charge in [-0.3, -0.25) is 9.78 Å². The van der Waals surface area contributed by atoms with Gasteiger partial charge in [-0.15, -0.1) is 0 Å². The molecule has 0 amide bonds. The molecule has 6 nitrogen and oxygen atoms in total. The summed E-state index contributed by atoms with van der Waals surface area (Å²) in [5, 5.41) is 13.0. The molecule has 0 fully saturated rings. The number of anilines is 2. The number of benzene rings is 2. The largest absolute Gasteiger partial charge is 0.417 e. The highest BCUT2D eigenvalue weighted by molar-refractivity contribution is 5.98. The average molecular weight is 466 g/mol. The minimum atomic E-state index is -4.74. The molecule has 0 aliphatic heterocycles. The van der Waals surface area contributed by atoms with Crippen LogP contribution in [0.5, 0.6) is 0 Å². The molecule has 9 heteroatoms. The van der Waals surface area contributed by atoms with E-state index in [0.29, 0.717) is 18.1 Å². The number of aliphatic hydroxyl groups is 1. The summed E-state index contributed by atoms with van der Waals surface area (Å²) in [6, 6.07) is 16.1. The van der Waals surface area contributed by atoms with Gasteiger partial charge in [0, 0.05) is 35.7 Å². The summed E-state index contributed by atoms with van der Waals surface area (Å²) in [7, 11) is 0. The molecular weight excluding hydrogens is 445 g/mol. The number of alkyl halides is 3. The van der Waals surface area contributed by atoms with Crippen molar-refractivity contribution in [1.29, 1.82) is 0 Å². The third-order valence-electron chi connectivity index (χ3n) is 5.31. The highest BCUT2D eigenvalue weighted by Gasteiger charge is 2.35. The molecule has 0 bridgehead atoms. The van der Waals surface area contributed by atoms with Crippen LogP contribution in [0.2, 0.25) is 0 Å². The number of carbonyl (C=O) groups excluding carboxylic acids is 1. The second-order valence-electron chi connectivity index (χ2n) is 7.67. The Balaban J connectivity index is 1.62. The van der Waals surface area contributed by atoms with Crippen molar-refractivity contribution in [1.82, 2.24) is 9.97 Å². The molecule has 0 spiro atoms. The maximum Gasteiger partial charge on any atom is 0.417 e. The van der Waals surface area contributed by atoms with Crippen molar-refractivity contribution in [2.24, 2.45) is 0 Å². The number of aliphatic hydroxyl groups excluding tert-OH is 1. The molecule has 0 aliphatic rings. The number of nitrogens with zero attached hydrogens (tertiary/aromatic N) is 2. The van der Waals surface area contributed by atoms with Gasteiger partial charge in [-0.1, -0.05) is 24.3 Å². The zero-order valence-corrected chi connectivity index (χ0v) is 17.9.